The number of alkyl halides is 3. The monoisotopic (exact) mass is 454 g/mol. The average Bonchev–Trinajstić information content (AvgIpc) is 2.77. The average molecular weight is 454 g/mol. The zero-order valence-corrected chi connectivity index (χ0v) is 17.6. The van der Waals surface area contributed by atoms with Crippen molar-refractivity contribution < 1.29 is 37.3 Å². The van der Waals surface area contributed by atoms with Crippen LogP contribution in [0.5, 0.6) is 0 Å². The molecule has 1 aromatic heterocycles. The van der Waals surface area contributed by atoms with E-state index in [1.165, 1.54) is 0 Å². The van der Waals surface area contributed by atoms with Gasteiger partial charge in [0.05, 0.1) is 18.2 Å². The SMILES string of the molecule is COCC12CCCOC1CCN(C(=O)c1ccc3ccccc3n1)C2.O=C(O)C(F)(F)F. The standard InChI is InChI=1S/C20H24N2O3.C2HF3O2/c1-24-14-20-10-4-12-25-18(20)9-11-22(13-20)19(23)17-8-7-15-5-2-3-6-16(15)21-17;3-2(4,5)1(6)7/h2-3,5-8,18H,4,9-14H2,1H3;(H,6,7). The highest BCUT2D eigenvalue weighted by atomic mass is 19.4. The number of amides is 1. The van der Waals surface area contributed by atoms with Gasteiger partial charge in [-0.2, -0.15) is 13.2 Å². The minimum absolute atomic E-state index is 0.00487. The molecule has 0 aliphatic carbocycles. The van der Waals surface area contributed by atoms with Crippen molar-refractivity contribution in [3.63, 3.8) is 0 Å². The quantitative estimate of drug-likeness (QED) is 0.764. The van der Waals surface area contributed by atoms with E-state index in [-0.39, 0.29) is 17.4 Å². The number of carboxylic acids is 1. The molecule has 1 N–H and O–H groups in total. The van der Waals surface area contributed by atoms with Crippen LogP contribution >= 0.6 is 0 Å². The molecule has 7 nitrogen and oxygen atoms in total. The third-order valence-electron chi connectivity index (χ3n) is 5.77. The Balaban J connectivity index is 0.000000360. The van der Waals surface area contributed by atoms with Crippen molar-refractivity contribution in [3.05, 3.63) is 42.1 Å². The highest BCUT2D eigenvalue weighted by molar-refractivity contribution is 5.95. The second kappa shape index (κ2) is 9.83. The Hall–Kier alpha value is -2.72. The smallest absolute Gasteiger partial charge is 0.475 e. The molecule has 174 valence electrons. The Morgan fingerprint density at radius 1 is 1.28 bits per heavy atom. The number of likely N-dealkylation sites (tertiary alicyclic amines) is 1. The van der Waals surface area contributed by atoms with Crippen molar-refractivity contribution >= 4 is 22.8 Å². The molecule has 2 unspecified atom stereocenters. The van der Waals surface area contributed by atoms with E-state index in [0.29, 0.717) is 25.4 Å². The number of rotatable bonds is 3. The van der Waals surface area contributed by atoms with E-state index in [2.05, 4.69) is 4.98 Å². The molecule has 0 spiro atoms. The molecule has 0 saturated carbocycles. The number of halogens is 3. The van der Waals surface area contributed by atoms with Gasteiger partial charge in [-0.05, 0) is 31.4 Å². The summed E-state index contributed by atoms with van der Waals surface area (Å²) in [4.78, 5) is 28.4. The van der Waals surface area contributed by atoms with E-state index < -0.39 is 12.1 Å². The Morgan fingerprint density at radius 3 is 2.69 bits per heavy atom. The number of fused-ring (bicyclic) bond motifs is 2. The molecule has 1 amide bonds. The maximum Gasteiger partial charge on any atom is 0.490 e. The summed E-state index contributed by atoms with van der Waals surface area (Å²) >= 11 is 0. The minimum atomic E-state index is -5.08. The number of aliphatic carboxylic acids is 1. The lowest BCUT2D eigenvalue weighted by molar-refractivity contribution is -0.192. The number of hydrogen-bond acceptors (Lipinski definition) is 5. The number of carboxylic acid groups (broad SMARTS) is 1. The van der Waals surface area contributed by atoms with Gasteiger partial charge in [-0.25, -0.2) is 9.78 Å². The number of para-hydroxylation sites is 1. The van der Waals surface area contributed by atoms with E-state index >= 15 is 0 Å². The van der Waals surface area contributed by atoms with Gasteiger partial charge in [-0.1, -0.05) is 24.3 Å². The molecule has 0 radical (unpaired) electrons. The first-order chi connectivity index (χ1) is 15.2. The van der Waals surface area contributed by atoms with Crippen LogP contribution in [0.4, 0.5) is 13.2 Å². The molecule has 2 fully saturated rings. The lowest BCUT2D eigenvalue weighted by Crippen LogP contribution is -2.58. The van der Waals surface area contributed by atoms with Gasteiger partial charge >= 0.3 is 12.1 Å². The highest BCUT2D eigenvalue weighted by Crippen LogP contribution is 2.40. The van der Waals surface area contributed by atoms with Gasteiger partial charge in [0.15, 0.2) is 0 Å². The predicted octanol–water partition coefficient (Wildman–Crippen LogP) is 3.53. The predicted molar refractivity (Wildman–Crippen MR) is 109 cm³/mol. The number of hydrogen-bond donors (Lipinski definition) is 1. The third-order valence-corrected chi connectivity index (χ3v) is 5.77. The summed E-state index contributed by atoms with van der Waals surface area (Å²) in [6, 6.07) is 11.7. The molecule has 2 aromatic rings. The lowest BCUT2D eigenvalue weighted by Gasteiger charge is -2.50. The van der Waals surface area contributed by atoms with Crippen LogP contribution in [0.1, 0.15) is 29.8 Å². The van der Waals surface area contributed by atoms with Crippen LogP contribution in [0, 0.1) is 5.41 Å². The summed E-state index contributed by atoms with van der Waals surface area (Å²) in [6.45, 7) is 2.84. The van der Waals surface area contributed by atoms with Gasteiger partial charge in [0.2, 0.25) is 0 Å². The number of aromatic nitrogens is 1. The van der Waals surface area contributed by atoms with Crippen molar-refractivity contribution in [2.45, 2.75) is 31.5 Å². The summed E-state index contributed by atoms with van der Waals surface area (Å²) in [5, 5.41) is 8.18. The first-order valence-electron chi connectivity index (χ1n) is 10.2. The zero-order valence-electron chi connectivity index (χ0n) is 17.6. The van der Waals surface area contributed by atoms with Crippen molar-refractivity contribution in [2.75, 3.05) is 33.4 Å². The van der Waals surface area contributed by atoms with Crippen LogP contribution in [0.25, 0.3) is 10.9 Å². The molecule has 1 aromatic carbocycles. The van der Waals surface area contributed by atoms with Crippen LogP contribution in [-0.2, 0) is 14.3 Å². The molecule has 10 heteroatoms. The fourth-order valence-electron chi connectivity index (χ4n) is 4.31. The number of benzene rings is 1. The molecule has 32 heavy (non-hydrogen) atoms. The number of carbonyl (C=O) groups is 2. The maximum absolute atomic E-state index is 13.0. The molecule has 2 saturated heterocycles. The largest absolute Gasteiger partial charge is 0.490 e. The first-order valence-corrected chi connectivity index (χ1v) is 10.2. The van der Waals surface area contributed by atoms with Crippen molar-refractivity contribution in [1.29, 1.82) is 0 Å². The molecule has 3 heterocycles. The molecule has 2 aliphatic heterocycles. The highest BCUT2D eigenvalue weighted by Gasteiger charge is 2.47. The lowest BCUT2D eigenvalue weighted by atomic mass is 9.73. The Labute approximate surface area is 183 Å². The molecular weight excluding hydrogens is 429 g/mol. The van der Waals surface area contributed by atoms with Gasteiger partial charge in [-0.3, -0.25) is 4.79 Å². The van der Waals surface area contributed by atoms with Crippen molar-refractivity contribution in [3.8, 4) is 0 Å². The number of carbonyl (C=O) groups excluding carboxylic acids is 1. The zero-order chi connectivity index (χ0) is 23.4. The maximum atomic E-state index is 13.0. The second-order valence-corrected chi connectivity index (χ2v) is 7.97. The fraction of sp³-hybridized carbons (Fsp3) is 0.500. The molecule has 2 atom stereocenters. The number of piperidine rings is 1. The van der Waals surface area contributed by atoms with Crippen LogP contribution in [-0.4, -0.2) is 72.6 Å². The number of nitrogens with zero attached hydrogens (tertiary/aromatic N) is 2. The number of pyridine rings is 1. The topological polar surface area (TPSA) is 89.0 Å². The van der Waals surface area contributed by atoms with E-state index in [0.717, 1.165) is 36.8 Å². The van der Waals surface area contributed by atoms with Gasteiger partial charge < -0.3 is 19.5 Å². The van der Waals surface area contributed by atoms with Crippen molar-refractivity contribution in [1.82, 2.24) is 9.88 Å². The van der Waals surface area contributed by atoms with E-state index in [1.54, 1.807) is 7.11 Å². The summed E-state index contributed by atoms with van der Waals surface area (Å²) < 4.78 is 43.2. The third kappa shape index (κ3) is 5.36. The Kier molecular flexibility index (Phi) is 7.35. The molecule has 0 bridgehead atoms. The normalized spacial score (nSPS) is 23.1. The minimum Gasteiger partial charge on any atom is -0.475 e. The number of ether oxygens (including phenoxy) is 2. The van der Waals surface area contributed by atoms with Gasteiger partial charge in [0.1, 0.15) is 5.69 Å². The van der Waals surface area contributed by atoms with E-state index in [1.807, 2.05) is 41.3 Å². The van der Waals surface area contributed by atoms with Crippen LogP contribution in [0.2, 0.25) is 0 Å². The second-order valence-electron chi connectivity index (χ2n) is 7.97. The summed E-state index contributed by atoms with van der Waals surface area (Å²) in [7, 11) is 1.73. The summed E-state index contributed by atoms with van der Waals surface area (Å²) in [6.07, 6.45) is -1.96. The summed E-state index contributed by atoms with van der Waals surface area (Å²) in [5.74, 6) is -2.75. The van der Waals surface area contributed by atoms with Crippen LogP contribution < -0.4 is 0 Å². The first kappa shape index (κ1) is 23.9. The number of methoxy groups -OCH3 is 1. The van der Waals surface area contributed by atoms with E-state index in [9.17, 15) is 18.0 Å². The Morgan fingerprint density at radius 2 is 2.00 bits per heavy atom. The fourth-order valence-corrected chi connectivity index (χ4v) is 4.31. The molecule has 4 rings (SSSR count). The Bertz CT molecular complexity index is 964. The van der Waals surface area contributed by atoms with Crippen LogP contribution in [0.15, 0.2) is 36.4 Å². The van der Waals surface area contributed by atoms with Crippen molar-refractivity contribution in [2.24, 2.45) is 5.41 Å². The molecule has 2 aliphatic rings. The summed E-state index contributed by atoms with van der Waals surface area (Å²) in [5.41, 5.74) is 1.29. The van der Waals surface area contributed by atoms with Crippen LogP contribution in [0.3, 0.4) is 0 Å². The molecular formula is C22H25F3N2O5. The van der Waals surface area contributed by atoms with E-state index in [4.69, 9.17) is 19.4 Å². The van der Waals surface area contributed by atoms with Gasteiger partial charge in [0.25, 0.3) is 5.91 Å². The van der Waals surface area contributed by atoms with Gasteiger partial charge in [-0.15, -0.1) is 0 Å². The van der Waals surface area contributed by atoms with Gasteiger partial charge in [0, 0.05) is 37.6 Å².